The number of carbonyl (C=O) groups is 2. The maximum atomic E-state index is 12.0. The molecule has 0 bridgehead atoms. The van der Waals surface area contributed by atoms with E-state index in [0.29, 0.717) is 24.2 Å². The van der Waals surface area contributed by atoms with Crippen molar-refractivity contribution < 1.29 is 9.59 Å². The number of nitrogens with one attached hydrogen (secondary N) is 1. The molecule has 92 valence electrons. The lowest BCUT2D eigenvalue weighted by molar-refractivity contribution is -0.118. The second kappa shape index (κ2) is 4.88. The van der Waals surface area contributed by atoms with Gasteiger partial charge in [0.05, 0.1) is 17.3 Å². The number of hydrogen-bond donors (Lipinski definition) is 1. The van der Waals surface area contributed by atoms with Gasteiger partial charge < -0.3 is 5.32 Å². The van der Waals surface area contributed by atoms with E-state index < -0.39 is 6.03 Å². The monoisotopic (exact) mass is 243 g/mol. The zero-order valence-corrected chi connectivity index (χ0v) is 10.0. The van der Waals surface area contributed by atoms with Crippen LogP contribution in [0.4, 0.5) is 10.5 Å². The van der Waals surface area contributed by atoms with Crippen molar-refractivity contribution >= 4 is 17.6 Å². The van der Waals surface area contributed by atoms with Crippen molar-refractivity contribution in [2.24, 2.45) is 5.92 Å². The highest BCUT2D eigenvalue weighted by atomic mass is 16.2. The van der Waals surface area contributed by atoms with E-state index in [-0.39, 0.29) is 11.8 Å². The molecule has 3 amide bonds. The molecule has 1 unspecified atom stereocenters. The van der Waals surface area contributed by atoms with Crippen LogP contribution in [0.15, 0.2) is 24.3 Å². The van der Waals surface area contributed by atoms with Crippen LogP contribution in [0.2, 0.25) is 0 Å². The van der Waals surface area contributed by atoms with Gasteiger partial charge in [0.25, 0.3) is 0 Å². The third-order valence-electron chi connectivity index (χ3n) is 2.83. The van der Waals surface area contributed by atoms with E-state index in [4.69, 9.17) is 5.26 Å². The van der Waals surface area contributed by atoms with E-state index in [1.54, 1.807) is 24.3 Å². The zero-order chi connectivity index (χ0) is 13.1. The Labute approximate surface area is 105 Å². The number of hydrogen-bond acceptors (Lipinski definition) is 3. The largest absolute Gasteiger partial charge is 0.337 e. The summed E-state index contributed by atoms with van der Waals surface area (Å²) in [4.78, 5) is 25.0. The average Bonchev–Trinajstić information content (AvgIpc) is 2.49. The first-order valence-electron chi connectivity index (χ1n) is 5.72. The van der Waals surface area contributed by atoms with Crippen molar-refractivity contribution in [1.82, 2.24) is 5.32 Å². The molecule has 1 aliphatic rings. The fourth-order valence-electron chi connectivity index (χ4n) is 1.86. The van der Waals surface area contributed by atoms with Crippen molar-refractivity contribution in [1.29, 1.82) is 5.26 Å². The van der Waals surface area contributed by atoms with E-state index >= 15 is 0 Å². The van der Waals surface area contributed by atoms with E-state index in [1.807, 2.05) is 13.0 Å². The van der Waals surface area contributed by atoms with E-state index in [1.165, 1.54) is 0 Å². The second-order valence-corrected chi connectivity index (χ2v) is 4.38. The molecule has 5 nitrogen and oxygen atoms in total. The summed E-state index contributed by atoms with van der Waals surface area (Å²) in [5.41, 5.74) is 0.986. The second-order valence-electron chi connectivity index (χ2n) is 4.38. The summed E-state index contributed by atoms with van der Waals surface area (Å²) in [5, 5.41) is 11.4. The van der Waals surface area contributed by atoms with Crippen molar-refractivity contribution in [3.63, 3.8) is 0 Å². The molecule has 1 aromatic carbocycles. The topological polar surface area (TPSA) is 73.2 Å². The molecule has 1 heterocycles. The first kappa shape index (κ1) is 12.1. The van der Waals surface area contributed by atoms with Crippen LogP contribution in [-0.4, -0.2) is 18.5 Å². The van der Waals surface area contributed by atoms with Gasteiger partial charge in [0, 0.05) is 13.0 Å². The number of amides is 3. The van der Waals surface area contributed by atoms with Gasteiger partial charge in [-0.05, 0) is 30.2 Å². The SMILES string of the molecule is CC1CNC(=O)N(c2ccc(C#N)cc2)C(=O)C1. The first-order valence-corrected chi connectivity index (χ1v) is 5.72. The number of urea groups is 1. The fraction of sp³-hybridized carbons (Fsp3) is 0.308. The molecule has 0 spiro atoms. The summed E-state index contributed by atoms with van der Waals surface area (Å²) in [6.45, 7) is 2.41. The molecule has 1 N–H and O–H groups in total. The lowest BCUT2D eigenvalue weighted by atomic mass is 10.1. The molecule has 0 radical (unpaired) electrons. The molecule has 0 aliphatic carbocycles. The maximum Gasteiger partial charge on any atom is 0.328 e. The van der Waals surface area contributed by atoms with Crippen LogP contribution >= 0.6 is 0 Å². The lowest BCUT2D eigenvalue weighted by Crippen LogP contribution is -2.41. The molecule has 18 heavy (non-hydrogen) atoms. The quantitative estimate of drug-likeness (QED) is 0.814. The predicted molar refractivity (Wildman–Crippen MR) is 65.8 cm³/mol. The van der Waals surface area contributed by atoms with Crippen LogP contribution in [0, 0.1) is 17.2 Å². The molecule has 0 aromatic heterocycles. The molecule has 1 aromatic rings. The van der Waals surface area contributed by atoms with Crippen LogP contribution in [0.1, 0.15) is 18.9 Å². The zero-order valence-electron chi connectivity index (χ0n) is 10.0. The number of carbonyl (C=O) groups excluding carboxylic acids is 2. The highest BCUT2D eigenvalue weighted by Crippen LogP contribution is 2.19. The number of rotatable bonds is 1. The summed E-state index contributed by atoms with van der Waals surface area (Å²) >= 11 is 0. The van der Waals surface area contributed by atoms with Gasteiger partial charge >= 0.3 is 6.03 Å². The Hall–Kier alpha value is -2.35. The Morgan fingerprint density at radius 3 is 2.61 bits per heavy atom. The van der Waals surface area contributed by atoms with Gasteiger partial charge in [-0.15, -0.1) is 0 Å². The van der Waals surface area contributed by atoms with E-state index in [9.17, 15) is 9.59 Å². The Morgan fingerprint density at radius 1 is 1.33 bits per heavy atom. The Kier molecular flexibility index (Phi) is 3.28. The Bertz CT molecular complexity index is 516. The van der Waals surface area contributed by atoms with Gasteiger partial charge in [-0.3, -0.25) is 4.79 Å². The summed E-state index contributed by atoms with van der Waals surface area (Å²) in [6, 6.07) is 7.97. The molecule has 1 fully saturated rings. The highest BCUT2D eigenvalue weighted by Gasteiger charge is 2.28. The number of nitriles is 1. The minimum Gasteiger partial charge on any atom is -0.337 e. The van der Waals surface area contributed by atoms with Crippen molar-refractivity contribution in [3.8, 4) is 6.07 Å². The average molecular weight is 243 g/mol. The molecule has 5 heteroatoms. The molecule has 1 saturated heterocycles. The predicted octanol–water partition coefficient (Wildman–Crippen LogP) is 1.64. The van der Waals surface area contributed by atoms with Gasteiger partial charge in [0.15, 0.2) is 0 Å². The van der Waals surface area contributed by atoms with E-state index in [2.05, 4.69) is 5.32 Å². The van der Waals surface area contributed by atoms with E-state index in [0.717, 1.165) is 4.90 Å². The van der Waals surface area contributed by atoms with Gasteiger partial charge in [-0.1, -0.05) is 6.92 Å². The fourth-order valence-corrected chi connectivity index (χ4v) is 1.86. The molecule has 1 atom stereocenters. The summed E-state index contributed by atoms with van der Waals surface area (Å²) in [5.74, 6) is -0.0907. The summed E-state index contributed by atoms with van der Waals surface area (Å²) in [7, 11) is 0. The van der Waals surface area contributed by atoms with Crippen LogP contribution in [-0.2, 0) is 4.79 Å². The lowest BCUT2D eigenvalue weighted by Gasteiger charge is -2.18. The van der Waals surface area contributed by atoms with Crippen molar-refractivity contribution in [2.45, 2.75) is 13.3 Å². The highest BCUT2D eigenvalue weighted by molar-refractivity contribution is 6.14. The minimum atomic E-state index is -0.408. The van der Waals surface area contributed by atoms with Crippen molar-refractivity contribution in [2.75, 3.05) is 11.4 Å². The molecule has 2 rings (SSSR count). The van der Waals surface area contributed by atoms with Crippen LogP contribution in [0.3, 0.4) is 0 Å². The standard InChI is InChI=1S/C13H13N3O2/c1-9-6-12(17)16(13(18)15-8-9)11-4-2-10(7-14)3-5-11/h2-5,9H,6,8H2,1H3,(H,15,18). The molecule has 0 saturated carbocycles. The van der Waals surface area contributed by atoms with Gasteiger partial charge in [-0.2, -0.15) is 5.26 Å². The van der Waals surface area contributed by atoms with Gasteiger partial charge in [0.1, 0.15) is 0 Å². The Balaban J connectivity index is 2.31. The third kappa shape index (κ3) is 2.33. The van der Waals surface area contributed by atoms with Crippen LogP contribution in [0.25, 0.3) is 0 Å². The maximum absolute atomic E-state index is 12.0. The third-order valence-corrected chi connectivity index (χ3v) is 2.83. The number of nitrogens with zero attached hydrogens (tertiary/aromatic N) is 2. The normalized spacial score (nSPS) is 20.0. The van der Waals surface area contributed by atoms with Crippen molar-refractivity contribution in [3.05, 3.63) is 29.8 Å². The van der Waals surface area contributed by atoms with Gasteiger partial charge in [0.2, 0.25) is 5.91 Å². The smallest absolute Gasteiger partial charge is 0.328 e. The van der Waals surface area contributed by atoms with Crippen LogP contribution in [0.5, 0.6) is 0 Å². The number of imide groups is 1. The minimum absolute atomic E-state index is 0.129. The summed E-state index contributed by atoms with van der Waals surface area (Å²) < 4.78 is 0. The molecular weight excluding hydrogens is 230 g/mol. The van der Waals surface area contributed by atoms with Crippen LogP contribution < -0.4 is 10.2 Å². The number of anilines is 1. The molecule has 1 aliphatic heterocycles. The Morgan fingerprint density at radius 2 is 2.00 bits per heavy atom. The molecular formula is C13H13N3O2. The first-order chi connectivity index (χ1) is 8.61. The summed E-state index contributed by atoms with van der Waals surface area (Å²) in [6.07, 6.45) is 0.332. The number of benzene rings is 1. The van der Waals surface area contributed by atoms with Gasteiger partial charge in [-0.25, -0.2) is 9.69 Å².